The van der Waals surface area contributed by atoms with Gasteiger partial charge in [0.2, 0.25) is 5.78 Å². The third-order valence-corrected chi connectivity index (χ3v) is 3.21. The molecule has 0 N–H and O–H groups in total. The number of ether oxygens (including phenoxy) is 1. The molecule has 0 aliphatic rings. The zero-order valence-electron chi connectivity index (χ0n) is 9.56. The summed E-state index contributed by atoms with van der Waals surface area (Å²) < 4.78 is 31.2. The van der Waals surface area contributed by atoms with Crippen molar-refractivity contribution in [2.45, 2.75) is 0 Å². The second-order valence-corrected chi connectivity index (χ2v) is 4.52. The molecule has 0 unspecified atom stereocenters. The van der Waals surface area contributed by atoms with E-state index < -0.39 is 35.6 Å². The number of halogens is 2. The summed E-state index contributed by atoms with van der Waals surface area (Å²) in [7, 11) is 0. The van der Waals surface area contributed by atoms with Crippen LogP contribution in [0.4, 0.5) is 8.78 Å². The number of carbonyl (C=O) groups is 2. The second-order valence-electron chi connectivity index (χ2n) is 3.57. The first-order valence-electron chi connectivity index (χ1n) is 5.27. The lowest BCUT2D eigenvalue weighted by Crippen LogP contribution is -2.15. The van der Waals surface area contributed by atoms with Gasteiger partial charge in [-0.05, 0) is 23.6 Å². The Bertz CT molecular complexity index is 588. The number of hydrogen-bond acceptors (Lipinski definition) is 4. The molecular formula is C13H8F2O3S. The van der Waals surface area contributed by atoms with E-state index in [-0.39, 0.29) is 0 Å². The van der Waals surface area contributed by atoms with Crippen LogP contribution >= 0.6 is 11.3 Å². The van der Waals surface area contributed by atoms with Crippen molar-refractivity contribution in [3.8, 4) is 0 Å². The number of rotatable bonds is 4. The Kier molecular flexibility index (Phi) is 4.01. The molecule has 19 heavy (non-hydrogen) atoms. The van der Waals surface area contributed by atoms with Crippen molar-refractivity contribution in [1.29, 1.82) is 0 Å². The van der Waals surface area contributed by atoms with Crippen LogP contribution in [-0.4, -0.2) is 18.4 Å². The van der Waals surface area contributed by atoms with Gasteiger partial charge in [0.05, 0.1) is 4.88 Å². The summed E-state index contributed by atoms with van der Waals surface area (Å²) in [4.78, 5) is 23.5. The smallest absolute Gasteiger partial charge is 0.344 e. The van der Waals surface area contributed by atoms with Gasteiger partial charge in [0.15, 0.2) is 6.61 Å². The van der Waals surface area contributed by atoms with Gasteiger partial charge in [0, 0.05) is 0 Å². The molecule has 1 aromatic heterocycles. The van der Waals surface area contributed by atoms with E-state index in [0.717, 1.165) is 18.2 Å². The van der Waals surface area contributed by atoms with E-state index >= 15 is 0 Å². The first-order valence-corrected chi connectivity index (χ1v) is 6.15. The zero-order valence-corrected chi connectivity index (χ0v) is 10.4. The van der Waals surface area contributed by atoms with Gasteiger partial charge < -0.3 is 4.74 Å². The molecule has 0 radical (unpaired) electrons. The van der Waals surface area contributed by atoms with Gasteiger partial charge in [-0.1, -0.05) is 12.1 Å². The average molecular weight is 282 g/mol. The van der Waals surface area contributed by atoms with Crippen LogP contribution in [0.1, 0.15) is 20.0 Å². The molecule has 0 aliphatic heterocycles. The third-order valence-electron chi connectivity index (χ3n) is 2.30. The molecule has 0 spiro atoms. The van der Waals surface area contributed by atoms with E-state index in [9.17, 15) is 18.4 Å². The number of benzene rings is 1. The Balaban J connectivity index is 2.04. The van der Waals surface area contributed by atoms with Crippen LogP contribution < -0.4 is 0 Å². The van der Waals surface area contributed by atoms with Crippen molar-refractivity contribution < 1.29 is 23.1 Å². The second kappa shape index (κ2) is 5.71. The number of Topliss-reactive ketones (excluding diaryl/α,β-unsaturated/α-hetero) is 1. The molecule has 1 aromatic carbocycles. The first-order chi connectivity index (χ1) is 9.09. The molecular weight excluding hydrogens is 274 g/mol. The highest BCUT2D eigenvalue weighted by Gasteiger charge is 2.19. The molecule has 1 heterocycles. The van der Waals surface area contributed by atoms with Gasteiger partial charge in [-0.2, -0.15) is 0 Å². The standard InChI is InChI=1S/C13H8F2O3S/c14-8-3-1-4-9(15)12(8)13(17)18-7-10(16)11-5-2-6-19-11/h1-6H,7H2. The van der Waals surface area contributed by atoms with Gasteiger partial charge in [0.1, 0.15) is 17.2 Å². The predicted octanol–water partition coefficient (Wildman–Crippen LogP) is 3.07. The Morgan fingerprint density at radius 1 is 1.11 bits per heavy atom. The predicted molar refractivity (Wildman–Crippen MR) is 65.3 cm³/mol. The quantitative estimate of drug-likeness (QED) is 0.639. The van der Waals surface area contributed by atoms with E-state index in [2.05, 4.69) is 4.74 Å². The van der Waals surface area contributed by atoms with E-state index in [1.807, 2.05) is 0 Å². The lowest BCUT2D eigenvalue weighted by atomic mass is 10.2. The summed E-state index contributed by atoms with van der Waals surface area (Å²) in [5.74, 6) is -3.65. The Labute approximate surface area is 111 Å². The lowest BCUT2D eigenvalue weighted by Gasteiger charge is -2.05. The van der Waals surface area contributed by atoms with Crippen LogP contribution in [0.15, 0.2) is 35.7 Å². The fraction of sp³-hybridized carbons (Fsp3) is 0.0769. The molecule has 0 saturated heterocycles. The fourth-order valence-electron chi connectivity index (χ4n) is 1.40. The highest BCUT2D eigenvalue weighted by molar-refractivity contribution is 7.12. The van der Waals surface area contributed by atoms with E-state index in [4.69, 9.17) is 0 Å². The lowest BCUT2D eigenvalue weighted by molar-refractivity contribution is 0.0466. The number of ketones is 1. The van der Waals surface area contributed by atoms with Crippen molar-refractivity contribution in [2.75, 3.05) is 6.61 Å². The average Bonchev–Trinajstić information content (AvgIpc) is 2.89. The Morgan fingerprint density at radius 3 is 2.37 bits per heavy atom. The summed E-state index contributed by atoms with van der Waals surface area (Å²) >= 11 is 1.20. The molecule has 0 amide bonds. The molecule has 0 aliphatic carbocycles. The molecule has 2 aromatic rings. The van der Waals surface area contributed by atoms with Crippen LogP contribution in [0.5, 0.6) is 0 Å². The SMILES string of the molecule is O=C(COC(=O)c1c(F)cccc1F)c1cccs1. The minimum absolute atomic E-state index is 0.417. The Hall–Kier alpha value is -2.08. The Morgan fingerprint density at radius 2 is 1.79 bits per heavy atom. The number of hydrogen-bond donors (Lipinski definition) is 0. The van der Waals surface area contributed by atoms with Crippen LogP contribution in [0.25, 0.3) is 0 Å². The molecule has 0 fully saturated rings. The van der Waals surface area contributed by atoms with Gasteiger partial charge in [0.25, 0.3) is 0 Å². The number of esters is 1. The minimum atomic E-state index is -1.19. The van der Waals surface area contributed by atoms with Gasteiger partial charge in [-0.15, -0.1) is 11.3 Å². The van der Waals surface area contributed by atoms with E-state index in [1.54, 1.807) is 17.5 Å². The van der Waals surface area contributed by atoms with Crippen molar-refractivity contribution >= 4 is 23.1 Å². The molecule has 0 saturated carbocycles. The summed E-state index contributed by atoms with van der Waals surface area (Å²) in [5.41, 5.74) is -0.790. The summed E-state index contributed by atoms with van der Waals surface area (Å²) in [6.07, 6.45) is 0. The van der Waals surface area contributed by atoms with Gasteiger partial charge in [-0.3, -0.25) is 4.79 Å². The van der Waals surface area contributed by atoms with Crippen LogP contribution in [-0.2, 0) is 4.74 Å². The highest BCUT2D eigenvalue weighted by Crippen LogP contribution is 2.14. The number of thiophene rings is 1. The normalized spacial score (nSPS) is 10.2. The summed E-state index contributed by atoms with van der Waals surface area (Å²) in [6.45, 7) is -0.548. The third kappa shape index (κ3) is 3.03. The summed E-state index contributed by atoms with van der Waals surface area (Å²) in [6, 6.07) is 6.28. The van der Waals surface area contributed by atoms with E-state index in [0.29, 0.717) is 4.88 Å². The molecule has 0 bridgehead atoms. The molecule has 2 rings (SSSR count). The highest BCUT2D eigenvalue weighted by atomic mass is 32.1. The van der Waals surface area contributed by atoms with Crippen LogP contribution in [0, 0.1) is 11.6 Å². The fourth-order valence-corrected chi connectivity index (χ4v) is 2.06. The van der Waals surface area contributed by atoms with Crippen LogP contribution in [0.3, 0.4) is 0 Å². The number of carbonyl (C=O) groups excluding carboxylic acids is 2. The minimum Gasteiger partial charge on any atom is -0.454 e. The summed E-state index contributed by atoms with van der Waals surface area (Å²) in [5, 5.41) is 1.70. The van der Waals surface area contributed by atoms with Crippen molar-refractivity contribution in [2.24, 2.45) is 0 Å². The molecule has 0 atom stereocenters. The van der Waals surface area contributed by atoms with Crippen LogP contribution in [0.2, 0.25) is 0 Å². The monoisotopic (exact) mass is 282 g/mol. The van der Waals surface area contributed by atoms with Gasteiger partial charge >= 0.3 is 5.97 Å². The maximum absolute atomic E-state index is 13.3. The maximum Gasteiger partial charge on any atom is 0.344 e. The molecule has 98 valence electrons. The topological polar surface area (TPSA) is 43.4 Å². The first kappa shape index (κ1) is 13.4. The largest absolute Gasteiger partial charge is 0.454 e. The van der Waals surface area contributed by atoms with Crippen molar-refractivity contribution in [1.82, 2.24) is 0 Å². The molecule has 6 heteroatoms. The zero-order chi connectivity index (χ0) is 13.8. The van der Waals surface area contributed by atoms with Gasteiger partial charge in [-0.25, -0.2) is 13.6 Å². The van der Waals surface area contributed by atoms with E-state index in [1.165, 1.54) is 11.3 Å². The van der Waals surface area contributed by atoms with Crippen molar-refractivity contribution in [3.05, 3.63) is 57.8 Å². The van der Waals surface area contributed by atoms with Crippen molar-refractivity contribution in [3.63, 3.8) is 0 Å². The molecule has 3 nitrogen and oxygen atoms in total. The maximum atomic E-state index is 13.3.